The van der Waals surface area contributed by atoms with E-state index in [4.69, 9.17) is 12.2 Å². The molecule has 2 unspecified atom stereocenters. The largest absolute Gasteiger partial charge is 0.334 e. The average Bonchev–Trinajstić information content (AvgIpc) is 3.35. The monoisotopic (exact) mass is 443 g/mol. The highest BCUT2D eigenvalue weighted by molar-refractivity contribution is 8.26. The normalized spacial score (nSPS) is 22.4. The summed E-state index contributed by atoms with van der Waals surface area (Å²) in [6.45, 7) is 2.46. The second-order valence-electron chi connectivity index (χ2n) is 7.07. The molecule has 4 heterocycles. The third kappa shape index (κ3) is 4.15. The standard InChI is InChI=1S/C21H21N3O2S3/c1-14(24-20(26)18(29-21(24)27)12-16-7-5-11-28-16)19(25)23-10-3-2-8-17(23)15-6-4-9-22-13-15/h4-7,9,11-14,17H,2-3,8,10H2,1H3. The molecule has 29 heavy (non-hydrogen) atoms. The van der Waals surface area contributed by atoms with Gasteiger partial charge in [-0.15, -0.1) is 11.3 Å². The summed E-state index contributed by atoms with van der Waals surface area (Å²) >= 11 is 8.29. The fraction of sp³-hybridized carbons (Fsp3) is 0.333. The molecule has 0 N–H and O–H groups in total. The minimum absolute atomic E-state index is 0.00698. The lowest BCUT2D eigenvalue weighted by Gasteiger charge is -2.38. The molecule has 0 aliphatic carbocycles. The number of thiocarbonyl (C=S) groups is 1. The summed E-state index contributed by atoms with van der Waals surface area (Å²) in [5.74, 6) is -0.253. The van der Waals surface area contributed by atoms with E-state index in [1.54, 1.807) is 24.5 Å². The van der Waals surface area contributed by atoms with E-state index in [9.17, 15) is 9.59 Å². The topological polar surface area (TPSA) is 53.5 Å². The lowest BCUT2D eigenvalue weighted by molar-refractivity contribution is -0.142. The van der Waals surface area contributed by atoms with Crippen LogP contribution in [0, 0.1) is 0 Å². The number of thioether (sulfide) groups is 1. The van der Waals surface area contributed by atoms with Crippen molar-refractivity contribution < 1.29 is 9.59 Å². The number of hydrogen-bond donors (Lipinski definition) is 0. The lowest BCUT2D eigenvalue weighted by Crippen LogP contribution is -2.51. The van der Waals surface area contributed by atoms with Crippen LogP contribution in [0.1, 0.15) is 42.7 Å². The Bertz CT molecular complexity index is 943. The highest BCUT2D eigenvalue weighted by Crippen LogP contribution is 2.36. The average molecular weight is 444 g/mol. The van der Waals surface area contributed by atoms with Gasteiger partial charge in [-0.2, -0.15) is 0 Å². The van der Waals surface area contributed by atoms with Crippen LogP contribution in [0.2, 0.25) is 0 Å². The number of rotatable bonds is 4. The third-order valence-corrected chi connectivity index (χ3v) is 7.39. The summed E-state index contributed by atoms with van der Waals surface area (Å²) in [5.41, 5.74) is 1.04. The van der Waals surface area contributed by atoms with Crippen molar-refractivity contribution in [2.45, 2.75) is 38.3 Å². The van der Waals surface area contributed by atoms with E-state index in [0.717, 1.165) is 29.7 Å². The zero-order valence-electron chi connectivity index (χ0n) is 16.0. The maximum atomic E-state index is 13.4. The molecule has 0 radical (unpaired) electrons. The Morgan fingerprint density at radius 2 is 2.21 bits per heavy atom. The van der Waals surface area contributed by atoms with Crippen molar-refractivity contribution in [3.8, 4) is 0 Å². The fourth-order valence-electron chi connectivity index (χ4n) is 3.78. The van der Waals surface area contributed by atoms with Gasteiger partial charge in [-0.1, -0.05) is 36.1 Å². The number of likely N-dealkylation sites (tertiary alicyclic amines) is 1. The van der Waals surface area contributed by atoms with Crippen LogP contribution in [-0.2, 0) is 9.59 Å². The Hall–Kier alpha value is -2.03. The Morgan fingerprint density at radius 1 is 1.34 bits per heavy atom. The summed E-state index contributed by atoms with van der Waals surface area (Å²) in [6, 6.07) is 7.17. The van der Waals surface area contributed by atoms with Gasteiger partial charge < -0.3 is 4.90 Å². The molecule has 0 bridgehead atoms. The molecule has 2 aromatic heterocycles. The van der Waals surface area contributed by atoms with Gasteiger partial charge in [-0.05, 0) is 55.3 Å². The maximum Gasteiger partial charge on any atom is 0.266 e. The van der Waals surface area contributed by atoms with Crippen LogP contribution >= 0.6 is 35.3 Å². The SMILES string of the molecule is CC(C(=O)N1CCCCC1c1cccnc1)N1C(=O)C(=Cc2cccs2)SC1=S. The first kappa shape index (κ1) is 20.3. The predicted octanol–water partition coefficient (Wildman–Crippen LogP) is 4.49. The van der Waals surface area contributed by atoms with Crippen molar-refractivity contribution in [2.24, 2.45) is 0 Å². The number of nitrogens with zero attached hydrogens (tertiary/aromatic N) is 3. The van der Waals surface area contributed by atoms with E-state index in [0.29, 0.717) is 15.8 Å². The van der Waals surface area contributed by atoms with Crippen molar-refractivity contribution >= 4 is 57.5 Å². The predicted molar refractivity (Wildman–Crippen MR) is 121 cm³/mol. The van der Waals surface area contributed by atoms with Crippen LogP contribution in [0.4, 0.5) is 0 Å². The number of carbonyl (C=O) groups excluding carboxylic acids is 2. The number of piperidine rings is 1. The Kier molecular flexibility index (Phi) is 6.12. The van der Waals surface area contributed by atoms with Crippen LogP contribution in [-0.4, -0.2) is 43.5 Å². The van der Waals surface area contributed by atoms with Crippen molar-refractivity contribution in [1.82, 2.24) is 14.8 Å². The minimum atomic E-state index is -0.631. The first-order chi connectivity index (χ1) is 14.1. The minimum Gasteiger partial charge on any atom is -0.334 e. The molecule has 0 saturated carbocycles. The van der Waals surface area contributed by atoms with Gasteiger partial charge >= 0.3 is 0 Å². The third-order valence-electron chi connectivity index (χ3n) is 5.24. The van der Waals surface area contributed by atoms with Gasteiger partial charge in [0.15, 0.2) is 0 Å². The molecular formula is C21H21N3O2S3. The van der Waals surface area contributed by atoms with Crippen LogP contribution < -0.4 is 0 Å². The summed E-state index contributed by atoms with van der Waals surface area (Å²) in [4.78, 5) is 35.5. The summed E-state index contributed by atoms with van der Waals surface area (Å²) in [5, 5.41) is 1.97. The molecule has 2 fully saturated rings. The molecule has 2 aliphatic rings. The highest BCUT2D eigenvalue weighted by Gasteiger charge is 2.41. The number of amides is 2. The Labute approximate surface area is 183 Å². The molecule has 4 rings (SSSR count). The maximum absolute atomic E-state index is 13.4. The molecule has 0 spiro atoms. The van der Waals surface area contributed by atoms with E-state index in [1.807, 2.05) is 46.8 Å². The van der Waals surface area contributed by atoms with Gasteiger partial charge in [-0.3, -0.25) is 19.5 Å². The lowest BCUT2D eigenvalue weighted by atomic mass is 9.95. The molecule has 0 aromatic carbocycles. The molecule has 2 saturated heterocycles. The quantitative estimate of drug-likeness (QED) is 0.515. The molecule has 150 valence electrons. The number of aromatic nitrogens is 1. The molecule has 2 aliphatic heterocycles. The van der Waals surface area contributed by atoms with Crippen molar-refractivity contribution in [2.75, 3.05) is 6.54 Å². The van der Waals surface area contributed by atoms with Crippen molar-refractivity contribution in [3.63, 3.8) is 0 Å². The molecule has 5 nitrogen and oxygen atoms in total. The fourth-order valence-corrected chi connectivity index (χ4v) is 5.92. The van der Waals surface area contributed by atoms with Gasteiger partial charge in [-0.25, -0.2) is 0 Å². The van der Waals surface area contributed by atoms with Crippen LogP contribution in [0.5, 0.6) is 0 Å². The van der Waals surface area contributed by atoms with Gasteiger partial charge in [0.1, 0.15) is 10.4 Å². The number of hydrogen-bond acceptors (Lipinski definition) is 6. The molecule has 2 atom stereocenters. The molecular weight excluding hydrogens is 422 g/mol. The second-order valence-corrected chi connectivity index (χ2v) is 9.73. The Balaban J connectivity index is 1.55. The second kappa shape index (κ2) is 8.77. The summed E-state index contributed by atoms with van der Waals surface area (Å²) in [6.07, 6.45) is 8.35. The highest BCUT2D eigenvalue weighted by atomic mass is 32.2. The van der Waals surface area contributed by atoms with E-state index in [2.05, 4.69) is 4.98 Å². The molecule has 2 amide bonds. The van der Waals surface area contributed by atoms with Crippen LogP contribution in [0.15, 0.2) is 46.9 Å². The molecule has 2 aromatic rings. The van der Waals surface area contributed by atoms with E-state index < -0.39 is 6.04 Å². The first-order valence-electron chi connectivity index (χ1n) is 9.57. The smallest absolute Gasteiger partial charge is 0.266 e. The number of carbonyl (C=O) groups is 2. The van der Waals surface area contributed by atoms with E-state index >= 15 is 0 Å². The van der Waals surface area contributed by atoms with Crippen molar-refractivity contribution in [1.29, 1.82) is 0 Å². The summed E-state index contributed by atoms with van der Waals surface area (Å²) in [7, 11) is 0. The Morgan fingerprint density at radius 3 is 2.93 bits per heavy atom. The van der Waals surface area contributed by atoms with E-state index in [1.165, 1.54) is 16.7 Å². The van der Waals surface area contributed by atoms with E-state index in [-0.39, 0.29) is 17.9 Å². The van der Waals surface area contributed by atoms with Gasteiger partial charge in [0.05, 0.1) is 10.9 Å². The van der Waals surface area contributed by atoms with Gasteiger partial charge in [0, 0.05) is 23.8 Å². The zero-order valence-corrected chi connectivity index (χ0v) is 18.4. The zero-order chi connectivity index (χ0) is 20.4. The van der Waals surface area contributed by atoms with Crippen LogP contribution in [0.3, 0.4) is 0 Å². The first-order valence-corrected chi connectivity index (χ1v) is 11.7. The van der Waals surface area contributed by atoms with Gasteiger partial charge in [0.25, 0.3) is 5.91 Å². The molecule has 8 heteroatoms. The van der Waals surface area contributed by atoms with Gasteiger partial charge in [0.2, 0.25) is 5.91 Å². The van der Waals surface area contributed by atoms with Crippen molar-refractivity contribution in [3.05, 3.63) is 57.4 Å². The number of thiophene rings is 1. The summed E-state index contributed by atoms with van der Waals surface area (Å²) < 4.78 is 0.439. The van der Waals surface area contributed by atoms with Crippen LogP contribution in [0.25, 0.3) is 6.08 Å². The number of pyridine rings is 1.